The van der Waals surface area contributed by atoms with Crippen molar-refractivity contribution >= 4 is 11.8 Å². The van der Waals surface area contributed by atoms with Gasteiger partial charge in [-0.15, -0.1) is 0 Å². The van der Waals surface area contributed by atoms with Crippen LogP contribution in [0.1, 0.15) is 330 Å². The van der Waals surface area contributed by atoms with Gasteiger partial charge in [0.15, 0.2) is 0 Å². The van der Waals surface area contributed by atoms with Crippen molar-refractivity contribution in [3.05, 3.63) is 29.3 Å². The number of unbranched alkanes of at least 4 members (excludes halogenated alkanes) is 42. The quantitative estimate of drug-likeness (QED) is 0.0640. The van der Waals surface area contributed by atoms with Crippen molar-refractivity contribution in [2.45, 2.75) is 310 Å². The third-order valence-corrected chi connectivity index (χ3v) is 13.6. The average Bonchev–Trinajstić information content (AvgIpc) is 3.30. The van der Waals surface area contributed by atoms with Crippen LogP contribution in [0.2, 0.25) is 0 Å². The van der Waals surface area contributed by atoms with Gasteiger partial charge in [0.1, 0.15) is 5.75 Å². The Kier molecular flexibility index (Phi) is 45.8. The van der Waals surface area contributed by atoms with Gasteiger partial charge in [0, 0.05) is 18.7 Å². The first-order valence-corrected chi connectivity index (χ1v) is 29.0. The summed E-state index contributed by atoms with van der Waals surface area (Å²) in [6, 6.07) is 5.39. The monoisotopic (exact) mass is 895 g/mol. The van der Waals surface area contributed by atoms with Crippen molar-refractivity contribution in [3.63, 3.8) is 0 Å². The number of carbonyl (C=O) groups excluding carboxylic acids is 2. The summed E-state index contributed by atoms with van der Waals surface area (Å²) in [6.45, 7) is 8.80. The van der Waals surface area contributed by atoms with E-state index in [0.29, 0.717) is 36.6 Å². The van der Waals surface area contributed by atoms with Crippen LogP contribution in [-0.4, -0.2) is 31.5 Å². The second-order valence-electron chi connectivity index (χ2n) is 19.9. The first kappa shape index (κ1) is 60.0. The molecule has 2 amide bonds. The number of nitrogens with one attached hydrogen (secondary N) is 2. The van der Waals surface area contributed by atoms with Crippen LogP contribution < -0.4 is 15.4 Å². The molecule has 0 aliphatic rings. The summed E-state index contributed by atoms with van der Waals surface area (Å²) in [5.74, 6) is 0.367. The summed E-state index contributed by atoms with van der Waals surface area (Å²) < 4.78 is 6.28. The molecular weight excluding hydrogens is 785 g/mol. The number of ether oxygens (including phenoxy) is 1. The summed E-state index contributed by atoms with van der Waals surface area (Å²) in [6.07, 6.45) is 59.9. The third-order valence-electron chi connectivity index (χ3n) is 13.6. The fourth-order valence-electron chi connectivity index (χ4n) is 9.22. The Morgan fingerprint density at radius 2 is 0.609 bits per heavy atom. The van der Waals surface area contributed by atoms with E-state index in [1.165, 1.54) is 250 Å². The van der Waals surface area contributed by atoms with Gasteiger partial charge in [-0.1, -0.05) is 290 Å². The largest absolute Gasteiger partial charge is 0.493 e. The smallest absolute Gasteiger partial charge is 0.255 e. The molecule has 0 aliphatic heterocycles. The van der Waals surface area contributed by atoms with Crippen LogP contribution in [0, 0.1) is 0 Å². The summed E-state index contributed by atoms with van der Waals surface area (Å²) in [7, 11) is 0. The summed E-state index contributed by atoms with van der Waals surface area (Å²) in [4.78, 5) is 26.6. The van der Waals surface area contributed by atoms with E-state index < -0.39 is 0 Å². The third kappa shape index (κ3) is 39.2. The lowest BCUT2D eigenvalue weighted by Gasteiger charge is -2.14. The fraction of sp³-hybridized carbons (Fsp3) is 0.864. The number of amides is 2. The van der Waals surface area contributed by atoms with Gasteiger partial charge in [-0.25, -0.2) is 0 Å². The van der Waals surface area contributed by atoms with Crippen LogP contribution in [0.5, 0.6) is 5.75 Å². The van der Waals surface area contributed by atoms with Gasteiger partial charge in [-0.05, 0) is 37.5 Å². The van der Waals surface area contributed by atoms with E-state index in [1.54, 1.807) is 18.2 Å². The van der Waals surface area contributed by atoms with Gasteiger partial charge in [-0.2, -0.15) is 0 Å². The predicted octanol–water partition coefficient (Wildman–Crippen LogP) is 19.1. The molecule has 0 atom stereocenters. The van der Waals surface area contributed by atoms with Crippen molar-refractivity contribution in [1.82, 2.24) is 10.6 Å². The standard InChI is InChI=1S/C59H110N2O3/c1-4-7-10-13-16-19-22-25-27-29-31-34-37-40-43-46-51-60-58(62)55-49-50-56(57(54-55)64-53-48-45-42-39-36-33-24-21-18-15-12-9-6-3)59(63)61-52-47-44-41-38-35-32-30-28-26-23-20-17-14-11-8-5-2/h49-50,54H,4-48,51-53H2,1-3H3,(H,60,62)(H,61,63). The van der Waals surface area contributed by atoms with Crippen LogP contribution >= 0.6 is 0 Å². The highest BCUT2D eigenvalue weighted by Gasteiger charge is 2.16. The number of carbonyl (C=O) groups is 2. The Balaban J connectivity index is 2.37. The minimum atomic E-state index is -0.0959. The van der Waals surface area contributed by atoms with E-state index in [4.69, 9.17) is 4.74 Å². The normalized spacial score (nSPS) is 11.4. The lowest BCUT2D eigenvalue weighted by atomic mass is 10.0. The molecule has 5 nitrogen and oxygen atoms in total. The molecule has 5 heteroatoms. The van der Waals surface area contributed by atoms with Crippen molar-refractivity contribution in [2.24, 2.45) is 0 Å². The Morgan fingerprint density at radius 1 is 0.344 bits per heavy atom. The second-order valence-corrected chi connectivity index (χ2v) is 19.9. The van der Waals surface area contributed by atoms with E-state index in [-0.39, 0.29) is 11.8 Å². The Bertz CT molecular complexity index is 1140. The first-order valence-electron chi connectivity index (χ1n) is 29.0. The lowest BCUT2D eigenvalue weighted by molar-refractivity contribution is 0.0937. The van der Waals surface area contributed by atoms with Gasteiger partial charge in [0.2, 0.25) is 0 Å². The lowest BCUT2D eigenvalue weighted by Crippen LogP contribution is -2.26. The van der Waals surface area contributed by atoms with Crippen LogP contribution in [0.3, 0.4) is 0 Å². The molecule has 0 bridgehead atoms. The van der Waals surface area contributed by atoms with E-state index in [2.05, 4.69) is 31.4 Å². The minimum Gasteiger partial charge on any atom is -0.493 e. The molecular formula is C59H110N2O3. The average molecular weight is 896 g/mol. The molecule has 1 aromatic rings. The van der Waals surface area contributed by atoms with Crippen molar-refractivity contribution in [3.8, 4) is 5.75 Å². The zero-order valence-electron chi connectivity index (χ0n) is 43.4. The molecule has 0 spiro atoms. The molecule has 0 saturated carbocycles. The number of hydrogen-bond acceptors (Lipinski definition) is 3. The molecule has 0 radical (unpaired) electrons. The zero-order valence-corrected chi connectivity index (χ0v) is 43.4. The van der Waals surface area contributed by atoms with E-state index >= 15 is 0 Å². The molecule has 0 aliphatic carbocycles. The number of benzene rings is 1. The van der Waals surface area contributed by atoms with Crippen LogP contribution in [0.15, 0.2) is 18.2 Å². The fourth-order valence-corrected chi connectivity index (χ4v) is 9.22. The van der Waals surface area contributed by atoms with Crippen molar-refractivity contribution < 1.29 is 14.3 Å². The van der Waals surface area contributed by atoms with Gasteiger partial charge in [-0.3, -0.25) is 9.59 Å². The van der Waals surface area contributed by atoms with Gasteiger partial charge in [0.05, 0.1) is 12.2 Å². The molecule has 0 heterocycles. The number of rotatable bonds is 51. The van der Waals surface area contributed by atoms with Gasteiger partial charge in [0.25, 0.3) is 11.8 Å². The zero-order chi connectivity index (χ0) is 46.1. The maximum Gasteiger partial charge on any atom is 0.255 e. The van der Waals surface area contributed by atoms with E-state index in [0.717, 1.165) is 38.5 Å². The highest BCUT2D eigenvalue weighted by Crippen LogP contribution is 2.23. The van der Waals surface area contributed by atoms with Gasteiger partial charge >= 0.3 is 0 Å². The topological polar surface area (TPSA) is 67.4 Å². The van der Waals surface area contributed by atoms with E-state index in [9.17, 15) is 9.59 Å². The molecule has 64 heavy (non-hydrogen) atoms. The van der Waals surface area contributed by atoms with Crippen molar-refractivity contribution in [2.75, 3.05) is 19.7 Å². The highest BCUT2D eigenvalue weighted by atomic mass is 16.5. The molecule has 0 saturated heterocycles. The number of hydrogen-bond donors (Lipinski definition) is 2. The van der Waals surface area contributed by atoms with Crippen LogP contribution in [-0.2, 0) is 0 Å². The molecule has 1 rings (SSSR count). The minimum absolute atomic E-state index is 0.0770. The molecule has 2 N–H and O–H groups in total. The molecule has 1 aromatic carbocycles. The Labute approximate surface area is 399 Å². The molecule has 0 fully saturated rings. The first-order chi connectivity index (χ1) is 31.6. The summed E-state index contributed by atoms with van der Waals surface area (Å²) >= 11 is 0. The summed E-state index contributed by atoms with van der Waals surface area (Å²) in [5, 5.41) is 6.29. The highest BCUT2D eigenvalue weighted by molar-refractivity contribution is 6.00. The van der Waals surface area contributed by atoms with Crippen LogP contribution in [0.25, 0.3) is 0 Å². The second kappa shape index (κ2) is 48.9. The maximum absolute atomic E-state index is 13.4. The maximum atomic E-state index is 13.4. The van der Waals surface area contributed by atoms with Crippen LogP contribution in [0.4, 0.5) is 0 Å². The molecule has 374 valence electrons. The van der Waals surface area contributed by atoms with E-state index in [1.807, 2.05) is 0 Å². The Morgan fingerprint density at radius 3 is 0.922 bits per heavy atom. The predicted molar refractivity (Wildman–Crippen MR) is 281 cm³/mol. The molecule has 0 aromatic heterocycles. The molecule has 0 unspecified atom stereocenters. The Hall–Kier alpha value is -2.04. The van der Waals surface area contributed by atoms with Crippen molar-refractivity contribution in [1.29, 1.82) is 0 Å². The summed E-state index contributed by atoms with van der Waals surface area (Å²) in [5.41, 5.74) is 1.12. The SMILES string of the molecule is CCCCCCCCCCCCCCCCCCNC(=O)c1ccc(C(=O)NCCCCCCCCCCCCCCCCCC)c(OCCCCCCCCCCCCCCC)c1. The van der Waals surface area contributed by atoms with Gasteiger partial charge < -0.3 is 15.4 Å².